The zero-order valence-electron chi connectivity index (χ0n) is 9.23. The lowest BCUT2D eigenvalue weighted by Crippen LogP contribution is -2.30. The number of rotatable bonds is 1. The summed E-state index contributed by atoms with van der Waals surface area (Å²) in [5.74, 6) is -5.18. The van der Waals surface area contributed by atoms with Crippen molar-refractivity contribution in [2.45, 2.75) is 0 Å². The number of benzene rings is 1. The van der Waals surface area contributed by atoms with Gasteiger partial charge in [-0.25, -0.2) is 22.5 Å². The lowest BCUT2D eigenvalue weighted by molar-refractivity contribution is 0.0952. The van der Waals surface area contributed by atoms with Gasteiger partial charge in [-0.1, -0.05) is 0 Å². The molecule has 98 valence electrons. The lowest BCUT2D eigenvalue weighted by Gasteiger charge is -2.05. The largest absolute Gasteiger partial charge is 0.381 e. The van der Waals surface area contributed by atoms with Crippen molar-refractivity contribution in [3.8, 4) is 0 Å². The van der Waals surface area contributed by atoms with Gasteiger partial charge in [0.1, 0.15) is 0 Å². The summed E-state index contributed by atoms with van der Waals surface area (Å²) in [5.41, 5.74) is 3.61. The summed E-state index contributed by atoms with van der Waals surface area (Å²) in [7, 11) is 0. The van der Waals surface area contributed by atoms with E-state index in [1.54, 1.807) is 0 Å². The molecule has 1 aromatic carbocycles. The van der Waals surface area contributed by atoms with Crippen LogP contribution in [0.1, 0.15) is 10.4 Å². The van der Waals surface area contributed by atoms with E-state index in [9.17, 15) is 22.8 Å². The van der Waals surface area contributed by atoms with Gasteiger partial charge in [-0.15, -0.1) is 0 Å². The van der Waals surface area contributed by atoms with E-state index in [1.165, 1.54) is 0 Å². The summed E-state index contributed by atoms with van der Waals surface area (Å²) >= 11 is 0. The Morgan fingerprint density at radius 2 is 1.84 bits per heavy atom. The lowest BCUT2D eigenvalue weighted by atomic mass is 10.2. The molecule has 0 saturated heterocycles. The van der Waals surface area contributed by atoms with E-state index in [1.807, 2.05) is 0 Å². The summed E-state index contributed by atoms with van der Waals surface area (Å²) in [4.78, 5) is 26.3. The number of hydrogen-bond donors (Lipinski definition) is 1. The normalized spacial score (nSPS) is 10.5. The van der Waals surface area contributed by atoms with Crippen molar-refractivity contribution in [2.24, 2.45) is 0 Å². The Hall–Kier alpha value is -2.64. The summed E-state index contributed by atoms with van der Waals surface area (Å²) in [6, 6.07) is 2.27. The number of nitrogens with two attached hydrogens (primary N) is 1. The zero-order chi connectivity index (χ0) is 14.2. The summed E-state index contributed by atoms with van der Waals surface area (Å²) in [6.45, 7) is 0. The number of nitrogen functional groups attached to an aromatic ring is 1. The molecule has 0 aliphatic carbocycles. The maximum atomic E-state index is 13.1. The molecule has 0 bridgehead atoms. The van der Waals surface area contributed by atoms with E-state index >= 15 is 0 Å². The maximum Gasteiger partial charge on any atom is 0.356 e. The molecule has 8 heteroatoms. The molecule has 0 saturated carbocycles. The number of nitrogens with zero attached hydrogens (tertiary/aromatic N) is 2. The van der Waals surface area contributed by atoms with Gasteiger partial charge in [0, 0.05) is 5.56 Å². The number of carbonyl (C=O) groups excluding carboxylic acids is 1. The highest BCUT2D eigenvalue weighted by Gasteiger charge is 2.15. The quantitative estimate of drug-likeness (QED) is 0.835. The molecule has 5 nitrogen and oxygen atoms in total. The third-order valence-electron chi connectivity index (χ3n) is 2.29. The van der Waals surface area contributed by atoms with Crippen LogP contribution in [0.3, 0.4) is 0 Å². The molecule has 0 atom stereocenters. The van der Waals surface area contributed by atoms with Crippen LogP contribution in [-0.4, -0.2) is 15.5 Å². The summed E-state index contributed by atoms with van der Waals surface area (Å²) in [6.07, 6.45) is 0.536. The Morgan fingerprint density at radius 1 is 1.16 bits per heavy atom. The van der Waals surface area contributed by atoms with Crippen molar-refractivity contribution in [1.82, 2.24) is 9.55 Å². The minimum Gasteiger partial charge on any atom is -0.381 e. The molecule has 0 aliphatic heterocycles. The van der Waals surface area contributed by atoms with Crippen molar-refractivity contribution < 1.29 is 18.0 Å². The van der Waals surface area contributed by atoms with Crippen molar-refractivity contribution >= 4 is 11.7 Å². The van der Waals surface area contributed by atoms with E-state index in [0.29, 0.717) is 22.9 Å². The smallest absolute Gasteiger partial charge is 0.356 e. The van der Waals surface area contributed by atoms with Crippen LogP contribution in [-0.2, 0) is 0 Å². The number of anilines is 1. The van der Waals surface area contributed by atoms with Gasteiger partial charge in [0.15, 0.2) is 23.3 Å². The van der Waals surface area contributed by atoms with Gasteiger partial charge in [-0.3, -0.25) is 4.79 Å². The van der Waals surface area contributed by atoms with Gasteiger partial charge < -0.3 is 5.73 Å². The molecular weight excluding hydrogens is 263 g/mol. The highest BCUT2D eigenvalue weighted by atomic mass is 19.2. The first-order chi connectivity index (χ1) is 8.90. The number of carbonyl (C=O) groups is 1. The van der Waals surface area contributed by atoms with Gasteiger partial charge in [-0.05, 0) is 18.2 Å². The predicted octanol–water partition coefficient (Wildman–Crippen LogP) is 0.931. The Bertz CT molecular complexity index is 728. The molecule has 0 spiro atoms. The maximum absolute atomic E-state index is 13.1. The third kappa shape index (κ3) is 2.32. The molecule has 0 unspecified atom stereocenters. The molecule has 2 N–H and O–H groups in total. The predicted molar refractivity (Wildman–Crippen MR) is 59.0 cm³/mol. The minimum atomic E-state index is -1.26. The molecule has 2 rings (SSSR count). The number of hydrogen-bond acceptors (Lipinski definition) is 4. The zero-order valence-corrected chi connectivity index (χ0v) is 9.23. The Morgan fingerprint density at radius 3 is 2.47 bits per heavy atom. The molecule has 1 heterocycles. The molecule has 0 amide bonds. The van der Waals surface area contributed by atoms with E-state index < -0.39 is 34.9 Å². The first-order valence-corrected chi connectivity index (χ1v) is 4.94. The van der Waals surface area contributed by atoms with Crippen LogP contribution in [0.2, 0.25) is 0 Å². The van der Waals surface area contributed by atoms with Crippen LogP contribution in [0.15, 0.2) is 29.2 Å². The number of aromatic nitrogens is 2. The standard InChI is InChI=1S/C11H6F3N3O2/c12-6-2-1-5(3-7(6)13)10(18)17-4-8(14)9(15)16-11(17)19/h1-4H,(H2,15,16,19). The Balaban J connectivity index is 2.53. The van der Waals surface area contributed by atoms with E-state index in [4.69, 9.17) is 5.73 Å². The van der Waals surface area contributed by atoms with Crippen LogP contribution < -0.4 is 11.4 Å². The third-order valence-corrected chi connectivity index (χ3v) is 2.29. The topological polar surface area (TPSA) is 78.0 Å². The fourth-order valence-electron chi connectivity index (χ4n) is 1.36. The second-order valence-electron chi connectivity index (χ2n) is 3.56. The van der Waals surface area contributed by atoms with Crippen LogP contribution in [0.5, 0.6) is 0 Å². The monoisotopic (exact) mass is 269 g/mol. The fraction of sp³-hybridized carbons (Fsp3) is 0. The molecular formula is C11H6F3N3O2. The van der Waals surface area contributed by atoms with Crippen molar-refractivity contribution in [3.63, 3.8) is 0 Å². The van der Waals surface area contributed by atoms with Crippen LogP contribution in [0.25, 0.3) is 0 Å². The molecule has 19 heavy (non-hydrogen) atoms. The fourth-order valence-corrected chi connectivity index (χ4v) is 1.36. The summed E-state index contributed by atoms with van der Waals surface area (Å²) < 4.78 is 39.2. The van der Waals surface area contributed by atoms with Gasteiger partial charge in [-0.2, -0.15) is 4.98 Å². The van der Waals surface area contributed by atoms with Gasteiger partial charge >= 0.3 is 5.69 Å². The van der Waals surface area contributed by atoms with Crippen LogP contribution in [0.4, 0.5) is 19.0 Å². The first kappa shape index (κ1) is 12.8. The molecule has 2 aromatic rings. The van der Waals surface area contributed by atoms with E-state index in [-0.39, 0.29) is 5.56 Å². The van der Waals surface area contributed by atoms with Crippen LogP contribution in [0, 0.1) is 17.5 Å². The van der Waals surface area contributed by atoms with Gasteiger partial charge in [0.25, 0.3) is 5.91 Å². The highest BCUT2D eigenvalue weighted by molar-refractivity contribution is 5.95. The molecule has 0 aliphatic rings. The second-order valence-corrected chi connectivity index (χ2v) is 3.56. The summed E-state index contributed by atoms with van der Waals surface area (Å²) in [5, 5.41) is 0. The first-order valence-electron chi connectivity index (χ1n) is 4.94. The minimum absolute atomic E-state index is 0.318. The second kappa shape index (κ2) is 4.56. The van der Waals surface area contributed by atoms with Crippen molar-refractivity contribution in [1.29, 1.82) is 0 Å². The van der Waals surface area contributed by atoms with Crippen LogP contribution >= 0.6 is 0 Å². The van der Waals surface area contributed by atoms with E-state index in [0.717, 1.165) is 6.07 Å². The van der Waals surface area contributed by atoms with E-state index in [2.05, 4.69) is 4.98 Å². The molecule has 0 fully saturated rings. The Labute approximate surface area is 104 Å². The average molecular weight is 269 g/mol. The Kier molecular flexibility index (Phi) is 3.07. The van der Waals surface area contributed by atoms with Gasteiger partial charge in [0.05, 0.1) is 6.20 Å². The SMILES string of the molecule is Nc1nc(=O)n(C(=O)c2ccc(F)c(F)c2)cc1F. The molecule has 0 radical (unpaired) electrons. The molecule has 1 aromatic heterocycles. The number of halogens is 3. The highest BCUT2D eigenvalue weighted by Crippen LogP contribution is 2.10. The van der Waals surface area contributed by atoms with Gasteiger partial charge in [0.2, 0.25) is 0 Å². The average Bonchev–Trinajstić information content (AvgIpc) is 2.36. The van der Waals surface area contributed by atoms with Crippen molar-refractivity contribution in [3.05, 3.63) is 57.9 Å². The van der Waals surface area contributed by atoms with Crippen molar-refractivity contribution in [2.75, 3.05) is 5.73 Å².